The first-order valence-electron chi connectivity index (χ1n) is 44.8. The molecule has 0 saturated heterocycles. The van der Waals surface area contributed by atoms with E-state index in [0.717, 1.165) is 143 Å². The van der Waals surface area contributed by atoms with E-state index in [-0.39, 0.29) is 0 Å². The van der Waals surface area contributed by atoms with Crippen molar-refractivity contribution in [2.24, 2.45) is 0 Å². The second-order valence-electron chi connectivity index (χ2n) is 34.8. The summed E-state index contributed by atoms with van der Waals surface area (Å²) in [6.45, 7) is 0. The molecule has 0 spiro atoms. The lowest BCUT2D eigenvalue weighted by Crippen LogP contribution is -2.29. The van der Waals surface area contributed by atoms with Gasteiger partial charge in [0, 0.05) is 54.2 Å². The van der Waals surface area contributed by atoms with Gasteiger partial charge >= 0.3 is 0 Å². The zero-order valence-electron chi connectivity index (χ0n) is 70.5. The van der Waals surface area contributed by atoms with Crippen LogP contribution in [0.4, 0.5) is 0 Å². The molecule has 0 bridgehead atoms. The Kier molecular flexibility index (Phi) is 16.3. The van der Waals surface area contributed by atoms with Crippen molar-refractivity contribution >= 4 is 131 Å². The normalized spacial score (nSPS) is 13.0. The topological polar surface area (TPSA) is 52.6 Å². The molecule has 0 N–H and O–H groups in total. The van der Waals surface area contributed by atoms with E-state index in [9.17, 15) is 0 Å². The minimum Gasteiger partial charge on any atom is -0.456 e. The van der Waals surface area contributed by atoms with Gasteiger partial charge in [-0.15, -0.1) is 0 Å². The second kappa shape index (κ2) is 28.8. The minimum atomic E-state index is -0.603. The molecule has 2 aliphatic rings. The Bertz CT molecular complexity index is 8760. The van der Waals surface area contributed by atoms with Gasteiger partial charge < -0.3 is 17.7 Å². The van der Waals surface area contributed by atoms with Gasteiger partial charge in [0.05, 0.1) is 10.8 Å². The third kappa shape index (κ3) is 10.7. The number of hydrogen-bond acceptors (Lipinski definition) is 4. The van der Waals surface area contributed by atoms with Crippen LogP contribution in [0, 0.1) is 0 Å². The fraction of sp³-hybridized carbons (Fsp3) is 0.0159. The number of hydrogen-bond donors (Lipinski definition) is 0. The van der Waals surface area contributed by atoms with Crippen LogP contribution < -0.4 is 0 Å². The summed E-state index contributed by atoms with van der Waals surface area (Å²) in [5, 5.41) is 18.4. The molecule has 28 rings (SSSR count). The van der Waals surface area contributed by atoms with Crippen LogP contribution in [0.2, 0.25) is 0 Å². The molecule has 0 radical (unpaired) electrons. The molecule has 4 nitrogen and oxygen atoms in total. The van der Waals surface area contributed by atoms with Crippen molar-refractivity contribution in [3.05, 3.63) is 506 Å². The van der Waals surface area contributed by atoms with Gasteiger partial charge in [-0.2, -0.15) is 0 Å². The van der Waals surface area contributed by atoms with E-state index in [0.29, 0.717) is 0 Å². The Balaban J connectivity index is 0.000000134. The maximum absolute atomic E-state index is 6.77. The molecule has 0 atom stereocenters. The summed E-state index contributed by atoms with van der Waals surface area (Å²) in [5.74, 6) is 0. The SMILES string of the molecule is c1ccc(C2(c3ccccc3)c3ccccc3-c3cccc(-c4c5cccc(-c6ccc7c(c6)oc6ccccc67)c5cc5c(-c6ccc7c(c6)oc6ccccc67)cccc45)c32)cc1.c1ccc(C2(c3ccccc3)c3ccccc3-c3cccc(-c4c5cccc(-c6cccc7c6oc6ccccc67)c5cc5c(-c6cccc7c6oc6ccccc67)cccc45)c32)cc1. The van der Waals surface area contributed by atoms with Crippen molar-refractivity contribution in [1.29, 1.82) is 0 Å². The summed E-state index contributed by atoms with van der Waals surface area (Å²) < 4.78 is 26.5. The fourth-order valence-electron chi connectivity index (χ4n) is 23.0. The Hall–Kier alpha value is -16.9. The van der Waals surface area contributed by atoms with Crippen LogP contribution in [0.1, 0.15) is 44.5 Å². The van der Waals surface area contributed by atoms with Crippen LogP contribution in [0.25, 0.3) is 220 Å². The highest BCUT2D eigenvalue weighted by Gasteiger charge is 2.50. The molecule has 0 fully saturated rings. The van der Waals surface area contributed by atoms with Gasteiger partial charge in [0.1, 0.15) is 44.7 Å². The van der Waals surface area contributed by atoms with Gasteiger partial charge in [-0.1, -0.05) is 400 Å². The van der Waals surface area contributed by atoms with Crippen molar-refractivity contribution in [2.45, 2.75) is 10.8 Å². The summed E-state index contributed by atoms with van der Waals surface area (Å²) in [5.41, 5.74) is 34.9. The van der Waals surface area contributed by atoms with Crippen molar-refractivity contribution in [3.63, 3.8) is 0 Å². The Morgan fingerprint density at radius 3 is 0.769 bits per heavy atom. The van der Waals surface area contributed by atoms with Crippen LogP contribution in [-0.4, -0.2) is 0 Å². The number of benzene rings is 22. The van der Waals surface area contributed by atoms with Crippen LogP contribution in [-0.2, 0) is 10.8 Å². The van der Waals surface area contributed by atoms with E-state index in [1.54, 1.807) is 0 Å². The molecule has 4 heteroatoms. The zero-order chi connectivity index (χ0) is 85.3. The van der Waals surface area contributed by atoms with Crippen molar-refractivity contribution in [3.8, 4) is 89.0 Å². The van der Waals surface area contributed by atoms with Gasteiger partial charge in [0.25, 0.3) is 0 Å². The molecule has 0 unspecified atom stereocenters. The van der Waals surface area contributed by atoms with Crippen LogP contribution in [0.15, 0.2) is 479 Å². The first-order chi connectivity index (χ1) is 64.5. The van der Waals surface area contributed by atoms with Crippen LogP contribution in [0.5, 0.6) is 0 Å². The minimum absolute atomic E-state index is 0.590. The Morgan fingerprint density at radius 2 is 0.392 bits per heavy atom. The monoisotopic (exact) mass is 1650 g/mol. The first-order valence-corrected chi connectivity index (χ1v) is 44.8. The standard InChI is InChI=1S/2C63H38O2/c1-3-18-39(19-4-1)63(40-20-5-2-6-21-40)56-35-10-7-22-43(56)48-29-15-34-53(60(48)63)59-46-27-13-25-41(49-30-16-32-51-44-23-8-11-36-57(44)64-61(49)51)54(46)38-55-42(26-14-28-47(55)59)50-31-17-33-52-45-24-9-12-37-58(45)65-62(50)52;1-3-16-41(17-4-1)63(42-18-5-2-6-19-42)56-29-10-7-20-45(56)52-27-15-28-53(62(52)63)61-50-25-13-23-43(39-32-34-48-46-21-8-11-30-57(46)64-59(48)36-39)54(50)38-55-44(24-14-26-51(55)61)40-33-35-49-47-22-9-12-31-58(47)65-60(49)37-40/h2*1-38H. The van der Waals surface area contributed by atoms with E-state index in [4.69, 9.17) is 17.7 Å². The smallest absolute Gasteiger partial charge is 0.143 e. The zero-order valence-corrected chi connectivity index (χ0v) is 70.5. The molecular weight excluding hydrogens is 1580 g/mol. The predicted molar refractivity (Wildman–Crippen MR) is 539 cm³/mol. The lowest BCUT2D eigenvalue weighted by molar-refractivity contribution is 0.668. The predicted octanol–water partition coefficient (Wildman–Crippen LogP) is 34.3. The highest BCUT2D eigenvalue weighted by Crippen LogP contribution is 2.63. The summed E-state index contributed by atoms with van der Waals surface area (Å²) in [6, 6.07) is 169. The molecule has 4 heterocycles. The maximum Gasteiger partial charge on any atom is 0.143 e. The summed E-state index contributed by atoms with van der Waals surface area (Å²) >= 11 is 0. The van der Waals surface area contributed by atoms with Gasteiger partial charge in [0.15, 0.2) is 0 Å². The van der Waals surface area contributed by atoms with Gasteiger partial charge in [-0.05, 0) is 226 Å². The fourth-order valence-corrected chi connectivity index (χ4v) is 23.0. The van der Waals surface area contributed by atoms with Gasteiger partial charge in [0.2, 0.25) is 0 Å². The average Bonchev–Trinajstić information content (AvgIpc) is 1.51. The highest BCUT2D eigenvalue weighted by atomic mass is 16.3. The number of furan rings is 4. The highest BCUT2D eigenvalue weighted by molar-refractivity contribution is 6.25. The van der Waals surface area contributed by atoms with Crippen molar-refractivity contribution in [1.82, 2.24) is 0 Å². The van der Waals surface area contributed by atoms with E-state index in [1.165, 1.54) is 121 Å². The summed E-state index contributed by atoms with van der Waals surface area (Å²) in [4.78, 5) is 0. The Morgan fingerprint density at radius 1 is 0.138 bits per heavy atom. The molecule has 2 aliphatic carbocycles. The average molecular weight is 1650 g/mol. The lowest BCUT2D eigenvalue weighted by atomic mass is 9.65. The maximum atomic E-state index is 6.77. The summed E-state index contributed by atoms with van der Waals surface area (Å²) in [7, 11) is 0. The molecule has 4 aromatic heterocycles. The largest absolute Gasteiger partial charge is 0.456 e. The molecule has 130 heavy (non-hydrogen) atoms. The molecule has 604 valence electrons. The first kappa shape index (κ1) is 73.4. The van der Waals surface area contributed by atoms with Gasteiger partial charge in [-0.3, -0.25) is 0 Å². The quantitative estimate of drug-likeness (QED) is 0.128. The molecule has 0 amide bonds. The molecule has 0 aliphatic heterocycles. The molecule has 26 aromatic rings. The lowest BCUT2D eigenvalue weighted by Gasteiger charge is -2.35. The van der Waals surface area contributed by atoms with E-state index in [1.807, 2.05) is 24.3 Å². The van der Waals surface area contributed by atoms with Crippen LogP contribution in [0.3, 0.4) is 0 Å². The van der Waals surface area contributed by atoms with Crippen molar-refractivity contribution < 1.29 is 17.7 Å². The second-order valence-corrected chi connectivity index (χ2v) is 34.8. The molecule has 22 aromatic carbocycles. The number of rotatable bonds is 10. The van der Waals surface area contributed by atoms with E-state index >= 15 is 0 Å². The van der Waals surface area contributed by atoms with Crippen molar-refractivity contribution in [2.75, 3.05) is 0 Å². The Labute approximate surface area is 748 Å². The van der Waals surface area contributed by atoms with E-state index < -0.39 is 10.8 Å². The third-order valence-corrected chi connectivity index (χ3v) is 28.3. The van der Waals surface area contributed by atoms with Gasteiger partial charge in [-0.25, -0.2) is 0 Å². The number of para-hydroxylation sites is 6. The molecule has 0 saturated carbocycles. The summed E-state index contributed by atoms with van der Waals surface area (Å²) in [6.07, 6.45) is 0. The molecular formula is C126H76O4. The van der Waals surface area contributed by atoms with Crippen LogP contribution >= 0.6 is 0 Å². The van der Waals surface area contributed by atoms with E-state index in [2.05, 4.69) is 437 Å². The third-order valence-electron chi connectivity index (χ3n) is 28.3. The number of fused-ring (bicyclic) bond motifs is 22.